The Balaban J connectivity index is 1.84. The number of benzene rings is 3. The molecule has 1 atom stereocenters. The summed E-state index contributed by atoms with van der Waals surface area (Å²) in [6.45, 7) is 8.61. The summed E-state index contributed by atoms with van der Waals surface area (Å²) < 4.78 is 31.1. The highest BCUT2D eigenvalue weighted by Gasteiger charge is 2.21. The van der Waals surface area contributed by atoms with Gasteiger partial charge in [-0.3, -0.25) is 4.79 Å². The number of carbonyl (C=O) groups excluding carboxylic acids is 1. The summed E-state index contributed by atoms with van der Waals surface area (Å²) in [6, 6.07) is 18.6. The van der Waals surface area contributed by atoms with Gasteiger partial charge in [0.15, 0.2) is 0 Å². The number of ether oxygens (including phenoxy) is 3. The first-order valence-corrected chi connectivity index (χ1v) is 12.1. The molecule has 0 heterocycles. The molecule has 0 aliphatic carbocycles. The molecule has 0 N–H and O–H groups in total. The second-order valence-electron chi connectivity index (χ2n) is 9.75. The van der Waals surface area contributed by atoms with Gasteiger partial charge >= 0.3 is 5.97 Å². The van der Waals surface area contributed by atoms with Crippen LogP contribution in [0.1, 0.15) is 56.7 Å². The van der Waals surface area contributed by atoms with E-state index >= 15 is 0 Å². The fourth-order valence-corrected chi connectivity index (χ4v) is 4.17. The molecular formula is C31H35FO4. The van der Waals surface area contributed by atoms with Crippen molar-refractivity contribution in [2.24, 2.45) is 0 Å². The molecule has 0 bridgehead atoms. The Labute approximate surface area is 213 Å². The van der Waals surface area contributed by atoms with Crippen molar-refractivity contribution < 1.29 is 23.4 Å². The Morgan fingerprint density at radius 3 is 2.25 bits per heavy atom. The van der Waals surface area contributed by atoms with E-state index in [0.29, 0.717) is 23.7 Å². The van der Waals surface area contributed by atoms with Gasteiger partial charge in [0.25, 0.3) is 0 Å². The lowest BCUT2D eigenvalue weighted by molar-refractivity contribution is -0.140. The van der Waals surface area contributed by atoms with Crippen molar-refractivity contribution in [3.63, 3.8) is 0 Å². The molecule has 36 heavy (non-hydrogen) atoms. The minimum absolute atomic E-state index is 0.0539. The molecule has 0 spiro atoms. The fourth-order valence-electron chi connectivity index (χ4n) is 4.17. The van der Waals surface area contributed by atoms with Crippen molar-refractivity contribution in [2.75, 3.05) is 14.2 Å². The Morgan fingerprint density at radius 1 is 0.944 bits per heavy atom. The van der Waals surface area contributed by atoms with Gasteiger partial charge in [-0.05, 0) is 71.0 Å². The predicted molar refractivity (Wildman–Crippen MR) is 142 cm³/mol. The molecule has 0 amide bonds. The number of carbonyl (C=O) groups is 1. The third kappa shape index (κ3) is 6.75. The Morgan fingerprint density at radius 2 is 1.64 bits per heavy atom. The van der Waals surface area contributed by atoms with Gasteiger partial charge in [0, 0.05) is 11.5 Å². The first-order chi connectivity index (χ1) is 17.2. The van der Waals surface area contributed by atoms with Crippen LogP contribution in [0.5, 0.6) is 11.5 Å². The van der Waals surface area contributed by atoms with Crippen molar-refractivity contribution >= 4 is 5.97 Å². The SMILES string of the molecule is CC=C[C@H](CC(=O)OC)c1ccc(OCc2ccc(C(C)(C)C)c(-c3cc(OC)ccc3F)c2)cc1. The zero-order valence-corrected chi connectivity index (χ0v) is 21.9. The molecule has 3 rings (SSSR count). The van der Waals surface area contributed by atoms with E-state index in [1.54, 1.807) is 19.2 Å². The molecule has 3 aromatic carbocycles. The molecule has 0 aromatic heterocycles. The Hall–Kier alpha value is -3.60. The molecule has 0 aliphatic heterocycles. The first kappa shape index (κ1) is 27.0. The molecule has 190 valence electrons. The van der Waals surface area contributed by atoms with Crippen molar-refractivity contribution in [2.45, 2.75) is 52.1 Å². The standard InChI is InChI=1S/C31H35FO4/c1-7-8-23(18-30(33)35-6)22-10-12-24(13-11-22)36-20-21-9-15-28(31(2,3)4)26(17-21)27-19-25(34-5)14-16-29(27)32/h7-17,19,23H,18,20H2,1-6H3/t23-/m1/s1. The normalized spacial score (nSPS) is 12.4. The lowest BCUT2D eigenvalue weighted by atomic mass is 9.81. The number of rotatable bonds is 9. The van der Waals surface area contributed by atoms with Crippen LogP contribution in [0.4, 0.5) is 4.39 Å². The maximum Gasteiger partial charge on any atom is 0.306 e. The summed E-state index contributed by atoms with van der Waals surface area (Å²) in [4.78, 5) is 11.8. The zero-order chi connectivity index (χ0) is 26.3. The van der Waals surface area contributed by atoms with Crippen LogP contribution in [0.2, 0.25) is 0 Å². The lowest BCUT2D eigenvalue weighted by Gasteiger charge is -2.24. The van der Waals surface area contributed by atoms with E-state index in [1.165, 1.54) is 13.2 Å². The molecule has 0 aliphatic rings. The number of hydrogen-bond acceptors (Lipinski definition) is 4. The van der Waals surface area contributed by atoms with Gasteiger partial charge in [0.1, 0.15) is 23.9 Å². The van der Waals surface area contributed by atoms with Crippen molar-refractivity contribution in [1.82, 2.24) is 0 Å². The van der Waals surface area contributed by atoms with E-state index in [-0.39, 0.29) is 29.5 Å². The Kier molecular flexibility index (Phi) is 8.92. The van der Waals surface area contributed by atoms with Crippen molar-refractivity contribution in [3.8, 4) is 22.6 Å². The molecule has 0 unspecified atom stereocenters. The van der Waals surface area contributed by atoms with E-state index in [2.05, 4.69) is 20.8 Å². The third-order valence-corrected chi connectivity index (χ3v) is 6.11. The predicted octanol–water partition coefficient (Wildman–Crippen LogP) is 7.60. The van der Waals surface area contributed by atoms with E-state index < -0.39 is 0 Å². The molecule has 5 heteroatoms. The summed E-state index contributed by atoms with van der Waals surface area (Å²) in [5.74, 6) is 0.723. The fraction of sp³-hybridized carbons (Fsp3) is 0.323. The number of esters is 1. The maximum atomic E-state index is 14.9. The van der Waals surface area contributed by atoms with E-state index in [4.69, 9.17) is 14.2 Å². The van der Waals surface area contributed by atoms with Crippen LogP contribution in [0.15, 0.2) is 72.8 Å². The van der Waals surface area contributed by atoms with Crippen molar-refractivity contribution in [1.29, 1.82) is 0 Å². The number of halogens is 1. The van der Waals surface area contributed by atoms with E-state index in [0.717, 1.165) is 22.3 Å². The molecule has 0 saturated carbocycles. The second-order valence-corrected chi connectivity index (χ2v) is 9.75. The third-order valence-electron chi connectivity index (χ3n) is 6.11. The molecule has 0 radical (unpaired) electrons. The van der Waals surface area contributed by atoms with Gasteiger partial charge in [-0.2, -0.15) is 0 Å². The van der Waals surface area contributed by atoms with Gasteiger partial charge in [-0.1, -0.05) is 57.2 Å². The Bertz CT molecular complexity index is 1210. The average Bonchev–Trinajstić information content (AvgIpc) is 2.87. The van der Waals surface area contributed by atoms with Gasteiger partial charge in [0.2, 0.25) is 0 Å². The van der Waals surface area contributed by atoms with Gasteiger partial charge in [-0.25, -0.2) is 4.39 Å². The lowest BCUT2D eigenvalue weighted by Crippen LogP contribution is -2.13. The number of methoxy groups -OCH3 is 2. The summed E-state index contributed by atoms with van der Waals surface area (Å²) in [6.07, 6.45) is 4.20. The molecular weight excluding hydrogens is 455 g/mol. The van der Waals surface area contributed by atoms with Crippen LogP contribution in [-0.4, -0.2) is 20.2 Å². The minimum Gasteiger partial charge on any atom is -0.497 e. The van der Waals surface area contributed by atoms with Gasteiger partial charge in [0.05, 0.1) is 20.6 Å². The summed E-state index contributed by atoms with van der Waals surface area (Å²) in [7, 11) is 2.97. The highest BCUT2D eigenvalue weighted by atomic mass is 19.1. The molecule has 0 saturated heterocycles. The van der Waals surface area contributed by atoms with Crippen LogP contribution in [0, 0.1) is 5.82 Å². The number of hydrogen-bond donors (Lipinski definition) is 0. The summed E-state index contributed by atoms with van der Waals surface area (Å²) in [5, 5.41) is 0. The maximum absolute atomic E-state index is 14.9. The van der Waals surface area contributed by atoms with Crippen LogP contribution >= 0.6 is 0 Å². The van der Waals surface area contributed by atoms with Crippen molar-refractivity contribution in [3.05, 3.63) is 95.3 Å². The van der Waals surface area contributed by atoms with Gasteiger partial charge in [-0.15, -0.1) is 0 Å². The largest absolute Gasteiger partial charge is 0.497 e. The van der Waals surface area contributed by atoms with Gasteiger partial charge < -0.3 is 14.2 Å². The summed E-state index contributed by atoms with van der Waals surface area (Å²) in [5.41, 5.74) is 4.15. The molecule has 4 nitrogen and oxygen atoms in total. The smallest absolute Gasteiger partial charge is 0.306 e. The van der Waals surface area contributed by atoms with Crippen LogP contribution in [-0.2, 0) is 21.6 Å². The minimum atomic E-state index is -0.294. The monoisotopic (exact) mass is 490 g/mol. The number of allylic oxidation sites excluding steroid dienone is 2. The summed E-state index contributed by atoms with van der Waals surface area (Å²) >= 11 is 0. The quantitative estimate of drug-likeness (QED) is 0.229. The average molecular weight is 491 g/mol. The van der Waals surface area contributed by atoms with Crippen LogP contribution in [0.25, 0.3) is 11.1 Å². The zero-order valence-electron chi connectivity index (χ0n) is 21.9. The molecule has 3 aromatic rings. The molecule has 0 fully saturated rings. The topological polar surface area (TPSA) is 44.8 Å². The van der Waals surface area contributed by atoms with Crippen LogP contribution < -0.4 is 9.47 Å². The van der Waals surface area contributed by atoms with E-state index in [9.17, 15) is 9.18 Å². The second kappa shape index (κ2) is 11.9. The van der Waals surface area contributed by atoms with E-state index in [1.807, 2.05) is 61.5 Å². The highest BCUT2D eigenvalue weighted by Crippen LogP contribution is 2.37. The van der Waals surface area contributed by atoms with Crippen LogP contribution in [0.3, 0.4) is 0 Å². The first-order valence-electron chi connectivity index (χ1n) is 12.1. The highest BCUT2D eigenvalue weighted by molar-refractivity contribution is 5.72.